The summed E-state index contributed by atoms with van der Waals surface area (Å²) in [5.41, 5.74) is 2.07. The quantitative estimate of drug-likeness (QED) is 0.266. The lowest BCUT2D eigenvalue weighted by Crippen LogP contribution is -2.24. The number of benzene rings is 1. The number of fused-ring (bicyclic) bond motifs is 3. The van der Waals surface area contributed by atoms with E-state index in [1.165, 1.54) is 23.1 Å². The minimum atomic E-state index is -0.179. The number of carbonyl (C=O) groups is 1. The van der Waals surface area contributed by atoms with Crippen LogP contribution in [0.1, 0.15) is 25.8 Å². The summed E-state index contributed by atoms with van der Waals surface area (Å²) in [7, 11) is 0. The van der Waals surface area contributed by atoms with Crippen molar-refractivity contribution in [2.75, 3.05) is 11.1 Å². The van der Waals surface area contributed by atoms with E-state index in [2.05, 4.69) is 24.1 Å². The Kier molecular flexibility index (Phi) is 6.83. The minimum Gasteiger partial charge on any atom is -0.325 e. The van der Waals surface area contributed by atoms with Crippen LogP contribution in [0, 0.1) is 12.8 Å². The summed E-state index contributed by atoms with van der Waals surface area (Å²) < 4.78 is 2.30. The van der Waals surface area contributed by atoms with E-state index in [1.807, 2.05) is 25.1 Å². The van der Waals surface area contributed by atoms with Gasteiger partial charge in [0.25, 0.3) is 5.56 Å². The molecular formula is C23H23ClN4O2S2. The first-order valence-electron chi connectivity index (χ1n) is 10.3. The number of carbonyl (C=O) groups excluding carboxylic acids is 1. The Bertz CT molecular complexity index is 1360. The molecule has 0 radical (unpaired) electrons. The fourth-order valence-electron chi connectivity index (χ4n) is 3.30. The lowest BCUT2D eigenvalue weighted by atomic mass is 10.1. The molecule has 0 saturated carbocycles. The average molecular weight is 487 g/mol. The van der Waals surface area contributed by atoms with Gasteiger partial charge in [-0.3, -0.25) is 14.2 Å². The van der Waals surface area contributed by atoms with Crippen LogP contribution in [0.2, 0.25) is 5.02 Å². The zero-order valence-corrected chi connectivity index (χ0v) is 20.4. The van der Waals surface area contributed by atoms with Crippen LogP contribution in [0.3, 0.4) is 0 Å². The van der Waals surface area contributed by atoms with Gasteiger partial charge >= 0.3 is 0 Å². The van der Waals surface area contributed by atoms with Crippen LogP contribution in [-0.4, -0.2) is 26.2 Å². The highest BCUT2D eigenvalue weighted by molar-refractivity contribution is 7.99. The Morgan fingerprint density at radius 3 is 2.88 bits per heavy atom. The molecule has 1 N–H and O–H groups in total. The highest BCUT2D eigenvalue weighted by Gasteiger charge is 2.18. The van der Waals surface area contributed by atoms with Crippen LogP contribution < -0.4 is 10.9 Å². The predicted molar refractivity (Wildman–Crippen MR) is 134 cm³/mol. The number of nitrogens with zero attached hydrogens (tertiary/aromatic N) is 3. The first-order valence-corrected chi connectivity index (χ1v) is 12.5. The Labute approximate surface area is 199 Å². The number of hydrogen-bond donors (Lipinski definition) is 1. The van der Waals surface area contributed by atoms with Crippen LogP contribution in [0.5, 0.6) is 0 Å². The molecule has 0 saturated heterocycles. The summed E-state index contributed by atoms with van der Waals surface area (Å²) in [6.07, 6.45) is 2.56. The van der Waals surface area contributed by atoms with E-state index >= 15 is 0 Å². The first kappa shape index (κ1) is 22.8. The van der Waals surface area contributed by atoms with E-state index in [0.717, 1.165) is 22.2 Å². The Morgan fingerprint density at radius 2 is 2.09 bits per heavy atom. The molecule has 0 atom stereocenters. The molecule has 0 unspecified atom stereocenters. The van der Waals surface area contributed by atoms with Gasteiger partial charge in [0.1, 0.15) is 9.53 Å². The molecule has 3 heterocycles. The number of pyridine rings is 1. The second-order valence-electron chi connectivity index (χ2n) is 7.92. The molecule has 0 spiro atoms. The first-order chi connectivity index (χ1) is 15.3. The van der Waals surface area contributed by atoms with E-state index in [4.69, 9.17) is 16.6 Å². The summed E-state index contributed by atoms with van der Waals surface area (Å²) in [4.78, 5) is 35.9. The van der Waals surface area contributed by atoms with Crippen molar-refractivity contribution >= 4 is 66.7 Å². The Hall–Kier alpha value is -2.42. The number of aromatic nitrogens is 3. The van der Waals surface area contributed by atoms with Crippen molar-refractivity contribution in [1.29, 1.82) is 0 Å². The van der Waals surface area contributed by atoms with Crippen molar-refractivity contribution in [2.24, 2.45) is 5.92 Å². The van der Waals surface area contributed by atoms with Crippen molar-refractivity contribution in [2.45, 2.75) is 38.9 Å². The highest BCUT2D eigenvalue weighted by atomic mass is 35.5. The number of hydrogen-bond acceptors (Lipinski definition) is 6. The lowest BCUT2D eigenvalue weighted by molar-refractivity contribution is -0.113. The zero-order valence-electron chi connectivity index (χ0n) is 18.0. The van der Waals surface area contributed by atoms with Gasteiger partial charge in [-0.2, -0.15) is 0 Å². The molecule has 6 nitrogen and oxygen atoms in total. The van der Waals surface area contributed by atoms with Crippen LogP contribution in [0.15, 0.2) is 46.5 Å². The second-order valence-corrected chi connectivity index (χ2v) is 10.3. The fraction of sp³-hybridized carbons (Fsp3) is 0.304. The third-order valence-corrected chi connectivity index (χ3v) is 7.60. The van der Waals surface area contributed by atoms with E-state index in [9.17, 15) is 9.59 Å². The predicted octanol–water partition coefficient (Wildman–Crippen LogP) is 5.74. The topological polar surface area (TPSA) is 76.9 Å². The third-order valence-electron chi connectivity index (χ3n) is 5.12. The SMILES string of the molecule is Cc1c(Cl)cccc1NC(=O)CSc1nc2c(sc3ncccc32)c(=O)n1CCC(C)C. The van der Waals surface area contributed by atoms with Gasteiger partial charge in [0, 0.05) is 28.8 Å². The summed E-state index contributed by atoms with van der Waals surface area (Å²) in [6.45, 7) is 6.65. The van der Waals surface area contributed by atoms with Gasteiger partial charge in [-0.05, 0) is 49.1 Å². The summed E-state index contributed by atoms with van der Waals surface area (Å²) in [5.74, 6) is 0.391. The van der Waals surface area contributed by atoms with Crippen molar-refractivity contribution in [1.82, 2.24) is 14.5 Å². The summed E-state index contributed by atoms with van der Waals surface area (Å²) in [6, 6.07) is 9.17. The van der Waals surface area contributed by atoms with Gasteiger partial charge in [0.05, 0.1) is 11.3 Å². The Morgan fingerprint density at radius 1 is 1.28 bits per heavy atom. The maximum Gasteiger partial charge on any atom is 0.272 e. The summed E-state index contributed by atoms with van der Waals surface area (Å²) >= 11 is 8.79. The largest absolute Gasteiger partial charge is 0.325 e. The van der Waals surface area contributed by atoms with Gasteiger partial charge in [-0.15, -0.1) is 11.3 Å². The van der Waals surface area contributed by atoms with Crippen molar-refractivity contribution < 1.29 is 4.79 Å². The molecule has 0 fully saturated rings. The van der Waals surface area contributed by atoms with Crippen molar-refractivity contribution in [3.63, 3.8) is 0 Å². The lowest BCUT2D eigenvalue weighted by Gasteiger charge is -2.14. The number of nitrogens with one attached hydrogen (secondary N) is 1. The molecule has 0 bridgehead atoms. The molecule has 3 aromatic heterocycles. The number of rotatable bonds is 7. The van der Waals surface area contributed by atoms with Crippen LogP contribution in [0.4, 0.5) is 5.69 Å². The van der Waals surface area contributed by atoms with E-state index in [-0.39, 0.29) is 17.2 Å². The monoisotopic (exact) mass is 486 g/mol. The molecule has 0 aliphatic rings. The van der Waals surface area contributed by atoms with Gasteiger partial charge < -0.3 is 5.32 Å². The zero-order chi connectivity index (χ0) is 22.8. The molecule has 32 heavy (non-hydrogen) atoms. The molecule has 166 valence electrons. The van der Waals surface area contributed by atoms with E-state index in [1.54, 1.807) is 22.9 Å². The van der Waals surface area contributed by atoms with E-state index < -0.39 is 0 Å². The number of amides is 1. The fourth-order valence-corrected chi connectivity index (χ4v) is 5.32. The maximum atomic E-state index is 13.3. The van der Waals surface area contributed by atoms with E-state index in [0.29, 0.717) is 38.5 Å². The molecule has 4 aromatic rings. The maximum absolute atomic E-state index is 13.3. The molecular weight excluding hydrogens is 464 g/mol. The highest BCUT2D eigenvalue weighted by Crippen LogP contribution is 2.31. The molecule has 9 heteroatoms. The minimum absolute atomic E-state index is 0.0766. The standard InChI is InChI=1S/C23H23ClN4O2S2/c1-13(2)9-11-28-22(30)20-19(15-6-5-10-25-21(15)32-20)27-23(28)31-12-18(29)26-17-8-4-7-16(24)14(17)3/h4-8,10,13H,9,11-12H2,1-3H3,(H,26,29). The Balaban J connectivity index is 1.65. The van der Waals surface area contributed by atoms with Crippen molar-refractivity contribution in [3.8, 4) is 0 Å². The second kappa shape index (κ2) is 9.60. The average Bonchev–Trinajstić information content (AvgIpc) is 3.14. The van der Waals surface area contributed by atoms with Crippen LogP contribution >= 0.6 is 34.7 Å². The molecule has 4 rings (SSSR count). The number of anilines is 1. The molecule has 1 aromatic carbocycles. The van der Waals surface area contributed by atoms with Crippen LogP contribution in [-0.2, 0) is 11.3 Å². The number of thioether (sulfide) groups is 1. The normalized spacial score (nSPS) is 11.5. The van der Waals surface area contributed by atoms with Gasteiger partial charge in [0.2, 0.25) is 5.91 Å². The van der Waals surface area contributed by atoms with Gasteiger partial charge in [-0.25, -0.2) is 9.97 Å². The number of thiophene rings is 1. The van der Waals surface area contributed by atoms with Gasteiger partial charge in [-0.1, -0.05) is 43.3 Å². The van der Waals surface area contributed by atoms with Gasteiger partial charge in [0.15, 0.2) is 5.16 Å². The number of halogens is 1. The third kappa shape index (κ3) is 4.67. The smallest absolute Gasteiger partial charge is 0.272 e. The molecule has 1 amide bonds. The molecule has 0 aliphatic carbocycles. The summed E-state index contributed by atoms with van der Waals surface area (Å²) in [5, 5.41) is 4.91. The van der Waals surface area contributed by atoms with Crippen molar-refractivity contribution in [3.05, 3.63) is 57.5 Å². The van der Waals surface area contributed by atoms with Crippen LogP contribution in [0.25, 0.3) is 20.4 Å². The molecule has 0 aliphatic heterocycles.